The summed E-state index contributed by atoms with van der Waals surface area (Å²) in [7, 11) is 1.48. The zero-order valence-electron chi connectivity index (χ0n) is 17.0. The van der Waals surface area contributed by atoms with Crippen molar-refractivity contribution in [3.63, 3.8) is 0 Å². The molecular formula is C20H34N2O5S. The number of rotatable bonds is 3. The standard InChI is InChI=1S/C20H34N2O5S/c1-16(23)22-10-6-9-21(13-17-7-5-12-28-17)8-3-4-11-27-15-18(24)20(25)19(14-22)26-2/h5,7,12,18-20,24-25H,3-4,6,8-11,13-15H2,1-2H3/t18-,19-,20-/m0/s1. The van der Waals surface area contributed by atoms with Crippen molar-refractivity contribution in [3.8, 4) is 0 Å². The maximum Gasteiger partial charge on any atom is 0.219 e. The molecule has 1 aromatic heterocycles. The number of ether oxygens (including phenoxy) is 2. The molecular weight excluding hydrogens is 380 g/mol. The number of hydrogen-bond donors (Lipinski definition) is 2. The second-order valence-corrected chi connectivity index (χ2v) is 8.32. The highest BCUT2D eigenvalue weighted by Gasteiger charge is 2.29. The van der Waals surface area contributed by atoms with Gasteiger partial charge in [-0.3, -0.25) is 9.69 Å². The number of amides is 1. The molecule has 1 aromatic rings. The molecule has 28 heavy (non-hydrogen) atoms. The summed E-state index contributed by atoms with van der Waals surface area (Å²) in [6.45, 7) is 5.74. The van der Waals surface area contributed by atoms with E-state index in [4.69, 9.17) is 9.47 Å². The Balaban J connectivity index is 2.03. The van der Waals surface area contributed by atoms with Gasteiger partial charge in [-0.2, -0.15) is 0 Å². The van der Waals surface area contributed by atoms with Crippen LogP contribution in [-0.2, 0) is 20.8 Å². The maximum atomic E-state index is 12.1. The molecule has 0 aliphatic carbocycles. The lowest BCUT2D eigenvalue weighted by molar-refractivity contribution is -0.136. The summed E-state index contributed by atoms with van der Waals surface area (Å²) in [5.74, 6) is -0.0610. The lowest BCUT2D eigenvalue weighted by Crippen LogP contribution is -2.48. The zero-order valence-corrected chi connectivity index (χ0v) is 17.8. The number of aliphatic hydroxyl groups excluding tert-OH is 2. The van der Waals surface area contributed by atoms with E-state index in [-0.39, 0.29) is 19.1 Å². The molecule has 3 atom stereocenters. The third kappa shape index (κ3) is 7.77. The van der Waals surface area contributed by atoms with Crippen LogP contribution in [0.4, 0.5) is 0 Å². The first-order valence-corrected chi connectivity index (χ1v) is 10.9. The number of nitrogens with zero attached hydrogens (tertiary/aromatic N) is 2. The highest BCUT2D eigenvalue weighted by atomic mass is 32.1. The van der Waals surface area contributed by atoms with Crippen LogP contribution in [0, 0.1) is 0 Å². The average Bonchev–Trinajstić information content (AvgIpc) is 3.18. The van der Waals surface area contributed by atoms with Gasteiger partial charge in [0.2, 0.25) is 5.91 Å². The van der Waals surface area contributed by atoms with Crippen molar-refractivity contribution < 1.29 is 24.5 Å². The predicted octanol–water partition coefficient (Wildman–Crippen LogP) is 1.34. The second-order valence-electron chi connectivity index (χ2n) is 7.29. The van der Waals surface area contributed by atoms with Crippen LogP contribution in [0.15, 0.2) is 17.5 Å². The van der Waals surface area contributed by atoms with E-state index in [0.29, 0.717) is 13.2 Å². The summed E-state index contributed by atoms with van der Waals surface area (Å²) in [5.41, 5.74) is 0. The van der Waals surface area contributed by atoms with Gasteiger partial charge in [0.25, 0.3) is 0 Å². The molecule has 160 valence electrons. The second kappa shape index (κ2) is 12.5. The van der Waals surface area contributed by atoms with Gasteiger partial charge in [-0.1, -0.05) is 6.07 Å². The summed E-state index contributed by atoms with van der Waals surface area (Å²) in [6.07, 6.45) is -0.0595. The number of carbonyl (C=O) groups is 1. The SMILES string of the molecule is CO[C@H]1CN(C(C)=O)CCCN(Cc2cccs2)CCCCOC[C@H](O)[C@@H]1O. The van der Waals surface area contributed by atoms with Gasteiger partial charge in [-0.05, 0) is 37.3 Å². The van der Waals surface area contributed by atoms with Crippen molar-refractivity contribution in [3.05, 3.63) is 22.4 Å². The largest absolute Gasteiger partial charge is 0.388 e. The van der Waals surface area contributed by atoms with Crippen molar-refractivity contribution >= 4 is 17.2 Å². The van der Waals surface area contributed by atoms with Crippen molar-refractivity contribution in [1.29, 1.82) is 0 Å². The van der Waals surface area contributed by atoms with Crippen LogP contribution in [-0.4, -0.2) is 90.7 Å². The Morgan fingerprint density at radius 2 is 2.07 bits per heavy atom. The molecule has 0 spiro atoms. The lowest BCUT2D eigenvalue weighted by Gasteiger charge is -2.31. The van der Waals surface area contributed by atoms with Gasteiger partial charge in [0, 0.05) is 51.7 Å². The molecule has 2 N–H and O–H groups in total. The molecule has 0 aromatic carbocycles. The van der Waals surface area contributed by atoms with Crippen LogP contribution in [0.25, 0.3) is 0 Å². The van der Waals surface area contributed by atoms with E-state index in [9.17, 15) is 15.0 Å². The normalized spacial score (nSPS) is 27.1. The molecule has 0 bridgehead atoms. The first kappa shape index (κ1) is 23.3. The minimum absolute atomic E-state index is 0.0556. The summed E-state index contributed by atoms with van der Waals surface area (Å²) in [4.78, 5) is 17.5. The summed E-state index contributed by atoms with van der Waals surface area (Å²) >= 11 is 1.76. The fraction of sp³-hybridized carbons (Fsp3) is 0.750. The van der Waals surface area contributed by atoms with Gasteiger partial charge in [-0.25, -0.2) is 0 Å². The van der Waals surface area contributed by atoms with Crippen LogP contribution < -0.4 is 0 Å². The van der Waals surface area contributed by atoms with Gasteiger partial charge in [-0.15, -0.1) is 11.3 Å². The molecule has 0 unspecified atom stereocenters. The summed E-state index contributed by atoms with van der Waals surface area (Å²) in [5, 5.41) is 22.7. The van der Waals surface area contributed by atoms with Crippen molar-refractivity contribution in [2.75, 3.05) is 46.5 Å². The minimum Gasteiger partial charge on any atom is -0.388 e. The number of hydrogen-bond acceptors (Lipinski definition) is 7. The Morgan fingerprint density at radius 1 is 1.29 bits per heavy atom. The number of carbonyl (C=O) groups excluding carboxylic acids is 1. The van der Waals surface area contributed by atoms with E-state index in [2.05, 4.69) is 22.4 Å². The summed E-state index contributed by atoms with van der Waals surface area (Å²) < 4.78 is 10.9. The van der Waals surface area contributed by atoms with Gasteiger partial charge in [0.1, 0.15) is 18.3 Å². The molecule has 0 radical (unpaired) electrons. The van der Waals surface area contributed by atoms with Crippen LogP contribution >= 0.6 is 11.3 Å². The molecule has 1 aliphatic rings. The van der Waals surface area contributed by atoms with Crippen molar-refractivity contribution in [2.45, 2.75) is 51.0 Å². The van der Waals surface area contributed by atoms with Crippen molar-refractivity contribution in [2.24, 2.45) is 0 Å². The van der Waals surface area contributed by atoms with Gasteiger partial charge >= 0.3 is 0 Å². The third-order valence-electron chi connectivity index (χ3n) is 5.09. The summed E-state index contributed by atoms with van der Waals surface area (Å²) in [6, 6.07) is 4.22. The number of aliphatic hydroxyl groups is 2. The van der Waals surface area contributed by atoms with Gasteiger partial charge in [0.15, 0.2) is 0 Å². The highest BCUT2D eigenvalue weighted by Crippen LogP contribution is 2.14. The molecule has 1 aliphatic heterocycles. The monoisotopic (exact) mass is 414 g/mol. The van der Waals surface area contributed by atoms with E-state index in [1.165, 1.54) is 18.9 Å². The lowest BCUT2D eigenvalue weighted by atomic mass is 10.1. The first-order valence-electron chi connectivity index (χ1n) is 9.98. The Hall–Kier alpha value is -1.03. The molecule has 7 nitrogen and oxygen atoms in total. The Labute approximate surface area is 171 Å². The van der Waals surface area contributed by atoms with E-state index < -0.39 is 18.3 Å². The molecule has 1 saturated heterocycles. The smallest absolute Gasteiger partial charge is 0.219 e. The molecule has 1 fully saturated rings. The molecule has 2 heterocycles. The Kier molecular flexibility index (Phi) is 10.4. The fourth-order valence-corrected chi connectivity index (χ4v) is 4.13. The third-order valence-corrected chi connectivity index (χ3v) is 5.95. The topological polar surface area (TPSA) is 82.5 Å². The molecule has 1 amide bonds. The Morgan fingerprint density at radius 3 is 2.75 bits per heavy atom. The quantitative estimate of drug-likeness (QED) is 0.777. The number of thiophene rings is 1. The average molecular weight is 415 g/mol. The van der Waals surface area contributed by atoms with E-state index >= 15 is 0 Å². The Bertz CT molecular complexity index is 557. The van der Waals surface area contributed by atoms with Crippen LogP contribution in [0.1, 0.15) is 31.1 Å². The molecule has 2 rings (SSSR count). The van der Waals surface area contributed by atoms with Crippen LogP contribution in [0.3, 0.4) is 0 Å². The van der Waals surface area contributed by atoms with Crippen LogP contribution in [0.5, 0.6) is 0 Å². The zero-order chi connectivity index (χ0) is 20.4. The molecule has 8 heteroatoms. The fourth-order valence-electron chi connectivity index (χ4n) is 3.38. The first-order chi connectivity index (χ1) is 13.5. The van der Waals surface area contributed by atoms with E-state index in [1.807, 2.05) is 0 Å². The van der Waals surface area contributed by atoms with Crippen molar-refractivity contribution in [1.82, 2.24) is 9.80 Å². The van der Waals surface area contributed by atoms with Gasteiger partial charge in [0.05, 0.1) is 6.61 Å². The molecule has 0 saturated carbocycles. The van der Waals surface area contributed by atoms with Crippen LogP contribution in [0.2, 0.25) is 0 Å². The predicted molar refractivity (Wildman–Crippen MR) is 109 cm³/mol. The maximum absolute atomic E-state index is 12.1. The van der Waals surface area contributed by atoms with E-state index in [1.54, 1.807) is 16.2 Å². The number of methoxy groups -OCH3 is 1. The highest BCUT2D eigenvalue weighted by molar-refractivity contribution is 7.09. The minimum atomic E-state index is -1.10. The van der Waals surface area contributed by atoms with E-state index in [0.717, 1.165) is 38.9 Å². The van der Waals surface area contributed by atoms with Gasteiger partial charge < -0.3 is 24.6 Å².